The molecule has 0 rings (SSSR count). The summed E-state index contributed by atoms with van der Waals surface area (Å²) >= 11 is 0. The van der Waals surface area contributed by atoms with Crippen molar-refractivity contribution < 1.29 is 4.12 Å². The summed E-state index contributed by atoms with van der Waals surface area (Å²) in [5.41, 5.74) is 0. The monoisotopic (exact) mass is 159 g/mol. The van der Waals surface area contributed by atoms with Crippen molar-refractivity contribution >= 4 is 18.8 Å². The predicted molar refractivity (Wildman–Crippen MR) is 44.0 cm³/mol. The standard InChI is InChI=1S/C6H15OSi2/c1-4-9(5-2,6-3)7-8/h4-6H2,1-3H3. The molecule has 9 heavy (non-hydrogen) atoms. The fourth-order valence-electron chi connectivity index (χ4n) is 0.967. The van der Waals surface area contributed by atoms with Crippen LogP contribution in [0, 0.1) is 0 Å². The Hall–Kier alpha value is 0.394. The first-order chi connectivity index (χ1) is 4.24. The molecule has 0 unspecified atom stereocenters. The maximum atomic E-state index is 5.33. The molecule has 0 aliphatic heterocycles. The summed E-state index contributed by atoms with van der Waals surface area (Å²) in [5, 5.41) is 0. The molecule has 0 aliphatic carbocycles. The van der Waals surface area contributed by atoms with Crippen LogP contribution in [0.4, 0.5) is 0 Å². The summed E-state index contributed by atoms with van der Waals surface area (Å²) in [6, 6.07) is 3.64. The van der Waals surface area contributed by atoms with Crippen molar-refractivity contribution in [3.63, 3.8) is 0 Å². The van der Waals surface area contributed by atoms with Crippen molar-refractivity contribution in [2.75, 3.05) is 0 Å². The van der Waals surface area contributed by atoms with Gasteiger partial charge in [0.15, 0.2) is 8.32 Å². The summed E-state index contributed by atoms with van der Waals surface area (Å²) in [7, 11) is 1.88. The molecular weight excluding hydrogens is 144 g/mol. The minimum absolute atomic E-state index is 1.21. The van der Waals surface area contributed by atoms with Crippen molar-refractivity contribution in [3.05, 3.63) is 0 Å². The Morgan fingerprint density at radius 3 is 1.44 bits per heavy atom. The first kappa shape index (κ1) is 9.39. The zero-order valence-corrected chi connectivity index (χ0v) is 8.53. The highest BCUT2D eigenvalue weighted by Gasteiger charge is 2.25. The third-order valence-electron chi connectivity index (χ3n) is 2.15. The third-order valence-corrected chi connectivity index (χ3v) is 7.75. The van der Waals surface area contributed by atoms with Crippen molar-refractivity contribution in [1.29, 1.82) is 0 Å². The van der Waals surface area contributed by atoms with Crippen LogP contribution in [-0.4, -0.2) is 18.8 Å². The van der Waals surface area contributed by atoms with E-state index in [1.54, 1.807) is 0 Å². The molecule has 0 saturated heterocycles. The molecule has 0 N–H and O–H groups in total. The molecule has 0 heterocycles. The maximum Gasteiger partial charge on any atom is 0.230 e. The Morgan fingerprint density at radius 2 is 1.44 bits per heavy atom. The summed E-state index contributed by atoms with van der Waals surface area (Å²) in [4.78, 5) is 0. The van der Waals surface area contributed by atoms with Crippen LogP contribution in [0.2, 0.25) is 18.1 Å². The van der Waals surface area contributed by atoms with Crippen LogP contribution in [0.3, 0.4) is 0 Å². The molecule has 0 aromatic carbocycles. The van der Waals surface area contributed by atoms with Crippen LogP contribution in [0.1, 0.15) is 20.8 Å². The van der Waals surface area contributed by atoms with Crippen LogP contribution in [0.25, 0.3) is 0 Å². The topological polar surface area (TPSA) is 9.23 Å². The lowest BCUT2D eigenvalue weighted by atomic mass is 10.9. The average molecular weight is 159 g/mol. The molecule has 0 spiro atoms. The van der Waals surface area contributed by atoms with Gasteiger partial charge >= 0.3 is 0 Å². The Morgan fingerprint density at radius 1 is 1.11 bits per heavy atom. The fourth-order valence-corrected chi connectivity index (χ4v) is 4.20. The molecular formula is C6H15OSi2. The SMILES string of the molecule is CC[Si](CC)(CC)O[Si]. The lowest BCUT2D eigenvalue weighted by Gasteiger charge is -2.25. The van der Waals surface area contributed by atoms with Gasteiger partial charge in [-0.2, -0.15) is 0 Å². The van der Waals surface area contributed by atoms with Gasteiger partial charge in [-0.05, 0) is 18.1 Å². The molecule has 1 nitrogen and oxygen atoms in total. The van der Waals surface area contributed by atoms with E-state index in [4.69, 9.17) is 4.12 Å². The Kier molecular flexibility index (Phi) is 4.43. The van der Waals surface area contributed by atoms with E-state index in [-0.39, 0.29) is 0 Å². The van der Waals surface area contributed by atoms with Crippen LogP contribution in [-0.2, 0) is 4.12 Å². The van der Waals surface area contributed by atoms with Crippen molar-refractivity contribution in [3.8, 4) is 0 Å². The van der Waals surface area contributed by atoms with Gasteiger partial charge in [-0.25, -0.2) is 0 Å². The van der Waals surface area contributed by atoms with Gasteiger partial charge in [-0.15, -0.1) is 0 Å². The molecule has 0 aliphatic rings. The quantitative estimate of drug-likeness (QED) is 0.571. The van der Waals surface area contributed by atoms with Gasteiger partial charge in [0.1, 0.15) is 0 Å². The van der Waals surface area contributed by atoms with Gasteiger partial charge in [0.25, 0.3) is 0 Å². The Balaban J connectivity index is 3.82. The van der Waals surface area contributed by atoms with E-state index in [0.717, 1.165) is 0 Å². The summed E-state index contributed by atoms with van der Waals surface area (Å²) < 4.78 is 5.33. The van der Waals surface area contributed by atoms with Gasteiger partial charge in [-0.1, -0.05) is 20.8 Å². The smallest absolute Gasteiger partial charge is 0.230 e. The summed E-state index contributed by atoms with van der Waals surface area (Å²) in [6.07, 6.45) is 0. The molecule has 53 valence electrons. The summed E-state index contributed by atoms with van der Waals surface area (Å²) in [6.45, 7) is 6.62. The number of hydrogen-bond donors (Lipinski definition) is 0. The van der Waals surface area contributed by atoms with Crippen molar-refractivity contribution in [1.82, 2.24) is 0 Å². The molecule has 3 radical (unpaired) electrons. The Bertz CT molecular complexity index is 53.9. The first-order valence-electron chi connectivity index (χ1n) is 3.59. The summed E-state index contributed by atoms with van der Waals surface area (Å²) in [5.74, 6) is 0. The van der Waals surface area contributed by atoms with Gasteiger partial charge in [0.05, 0.1) is 0 Å². The number of hydrogen-bond acceptors (Lipinski definition) is 1. The maximum absolute atomic E-state index is 5.33. The molecule has 0 aromatic rings. The average Bonchev–Trinajstić information content (AvgIpc) is 1.95. The second-order valence-electron chi connectivity index (χ2n) is 2.35. The van der Waals surface area contributed by atoms with E-state index < -0.39 is 8.32 Å². The second-order valence-corrected chi connectivity index (χ2v) is 7.65. The fraction of sp³-hybridized carbons (Fsp3) is 1.00. The molecule has 0 amide bonds. The van der Waals surface area contributed by atoms with E-state index >= 15 is 0 Å². The van der Waals surface area contributed by atoms with E-state index in [9.17, 15) is 0 Å². The second kappa shape index (κ2) is 4.25. The van der Waals surface area contributed by atoms with E-state index in [0.29, 0.717) is 0 Å². The Labute approximate surface area is 62.5 Å². The molecule has 0 saturated carbocycles. The molecule has 0 bridgehead atoms. The minimum Gasteiger partial charge on any atom is -0.457 e. The van der Waals surface area contributed by atoms with Gasteiger partial charge < -0.3 is 4.12 Å². The highest BCUT2D eigenvalue weighted by molar-refractivity contribution is 6.75. The van der Waals surface area contributed by atoms with Crippen molar-refractivity contribution in [2.24, 2.45) is 0 Å². The van der Waals surface area contributed by atoms with Crippen LogP contribution < -0.4 is 0 Å². The molecule has 0 fully saturated rings. The third kappa shape index (κ3) is 2.23. The normalized spacial score (nSPS) is 12.0. The van der Waals surface area contributed by atoms with E-state index in [1.807, 2.05) is 0 Å². The molecule has 0 atom stereocenters. The number of rotatable bonds is 4. The lowest BCUT2D eigenvalue weighted by Crippen LogP contribution is -2.34. The molecule has 0 aromatic heterocycles. The van der Waals surface area contributed by atoms with E-state index in [1.165, 1.54) is 18.1 Å². The van der Waals surface area contributed by atoms with Gasteiger partial charge in [-0.3, -0.25) is 0 Å². The molecule has 3 heteroatoms. The van der Waals surface area contributed by atoms with Crippen LogP contribution >= 0.6 is 0 Å². The van der Waals surface area contributed by atoms with Crippen molar-refractivity contribution in [2.45, 2.75) is 38.9 Å². The zero-order chi connectivity index (χ0) is 7.33. The predicted octanol–water partition coefficient (Wildman–Crippen LogP) is 2.09. The highest BCUT2D eigenvalue weighted by Crippen LogP contribution is 2.19. The minimum atomic E-state index is -1.28. The van der Waals surface area contributed by atoms with Crippen LogP contribution in [0.5, 0.6) is 0 Å². The largest absolute Gasteiger partial charge is 0.457 e. The zero-order valence-electron chi connectivity index (χ0n) is 6.53. The van der Waals surface area contributed by atoms with Crippen LogP contribution in [0.15, 0.2) is 0 Å². The lowest BCUT2D eigenvalue weighted by molar-refractivity contribution is 0.587. The van der Waals surface area contributed by atoms with Gasteiger partial charge in [0.2, 0.25) is 10.5 Å². The highest BCUT2D eigenvalue weighted by atomic mass is 28.4. The van der Waals surface area contributed by atoms with Gasteiger partial charge in [0, 0.05) is 0 Å². The van der Waals surface area contributed by atoms with E-state index in [2.05, 4.69) is 31.3 Å². The first-order valence-corrected chi connectivity index (χ1v) is 6.53.